The van der Waals surface area contributed by atoms with Crippen molar-refractivity contribution in [1.82, 2.24) is 9.66 Å². The number of rotatable bonds is 2. The Morgan fingerprint density at radius 2 is 1.89 bits per heavy atom. The van der Waals surface area contributed by atoms with Crippen LogP contribution in [-0.4, -0.2) is 15.6 Å². The van der Waals surface area contributed by atoms with Gasteiger partial charge in [-0.2, -0.15) is 0 Å². The minimum Gasteiger partial charge on any atom is -0.267 e. The number of amides is 1. The first-order chi connectivity index (χ1) is 8.84. The highest BCUT2D eigenvalue weighted by atomic mass is 16.2. The van der Waals surface area contributed by atoms with Crippen molar-refractivity contribution in [3.63, 3.8) is 0 Å². The number of aromatic nitrogens is 2. The predicted octanol–water partition coefficient (Wildman–Crippen LogP) is 2.42. The van der Waals surface area contributed by atoms with Crippen LogP contribution >= 0.6 is 0 Å². The molecule has 3 aromatic rings. The predicted molar refractivity (Wildman–Crippen MR) is 69.9 cm³/mol. The summed E-state index contributed by atoms with van der Waals surface area (Å²) in [5.74, 6) is -0.154. The third-order valence-electron chi connectivity index (χ3n) is 2.71. The third kappa shape index (κ3) is 1.84. The van der Waals surface area contributed by atoms with Crippen molar-refractivity contribution in [1.29, 1.82) is 0 Å². The van der Waals surface area contributed by atoms with Crippen LogP contribution in [0.5, 0.6) is 0 Å². The molecule has 0 spiro atoms. The van der Waals surface area contributed by atoms with Crippen molar-refractivity contribution >= 4 is 16.9 Å². The van der Waals surface area contributed by atoms with Gasteiger partial charge in [-0.3, -0.25) is 10.2 Å². The highest BCUT2D eigenvalue weighted by Gasteiger charge is 2.07. The van der Waals surface area contributed by atoms with Gasteiger partial charge in [-0.25, -0.2) is 9.66 Å². The van der Waals surface area contributed by atoms with E-state index in [0.717, 1.165) is 11.0 Å². The number of carbonyl (C=O) groups excluding carboxylic acids is 1. The zero-order valence-electron chi connectivity index (χ0n) is 9.58. The molecule has 0 aliphatic carbocycles. The van der Waals surface area contributed by atoms with Crippen LogP contribution in [0.15, 0.2) is 60.9 Å². The number of hydrogen-bond donors (Lipinski definition) is 1. The summed E-state index contributed by atoms with van der Waals surface area (Å²) in [6.07, 6.45) is 3.49. The molecule has 0 aliphatic rings. The normalized spacial score (nSPS) is 10.4. The van der Waals surface area contributed by atoms with Crippen molar-refractivity contribution in [2.24, 2.45) is 0 Å². The highest BCUT2D eigenvalue weighted by Crippen LogP contribution is 2.11. The van der Waals surface area contributed by atoms with E-state index in [2.05, 4.69) is 10.4 Å². The molecule has 0 bridgehead atoms. The molecule has 88 valence electrons. The minimum atomic E-state index is -0.154. The van der Waals surface area contributed by atoms with Gasteiger partial charge in [0.15, 0.2) is 5.65 Å². The lowest BCUT2D eigenvalue weighted by molar-refractivity contribution is 0.101. The fourth-order valence-electron chi connectivity index (χ4n) is 1.82. The summed E-state index contributed by atoms with van der Waals surface area (Å²) in [6, 6.07) is 14.8. The van der Waals surface area contributed by atoms with E-state index in [1.807, 2.05) is 36.4 Å². The molecule has 2 aromatic heterocycles. The Morgan fingerprint density at radius 3 is 2.72 bits per heavy atom. The molecule has 1 amide bonds. The van der Waals surface area contributed by atoms with E-state index in [4.69, 9.17) is 0 Å². The Hall–Kier alpha value is -2.62. The number of hydrogen-bond acceptors (Lipinski definition) is 2. The first-order valence-electron chi connectivity index (χ1n) is 5.63. The maximum atomic E-state index is 12.0. The lowest BCUT2D eigenvalue weighted by Crippen LogP contribution is -2.22. The molecule has 4 heteroatoms. The Bertz CT molecular complexity index is 688. The zero-order valence-corrected chi connectivity index (χ0v) is 9.58. The van der Waals surface area contributed by atoms with Gasteiger partial charge in [-0.05, 0) is 30.3 Å². The van der Waals surface area contributed by atoms with Gasteiger partial charge in [0, 0.05) is 23.3 Å². The maximum Gasteiger partial charge on any atom is 0.270 e. The van der Waals surface area contributed by atoms with E-state index in [1.54, 1.807) is 29.2 Å². The first kappa shape index (κ1) is 10.5. The van der Waals surface area contributed by atoms with E-state index >= 15 is 0 Å². The van der Waals surface area contributed by atoms with Crippen molar-refractivity contribution in [2.45, 2.75) is 0 Å². The van der Waals surface area contributed by atoms with Gasteiger partial charge in [-0.15, -0.1) is 0 Å². The van der Waals surface area contributed by atoms with Crippen LogP contribution in [0.2, 0.25) is 0 Å². The molecule has 1 N–H and O–H groups in total. The molecule has 0 fully saturated rings. The maximum absolute atomic E-state index is 12.0. The molecule has 2 heterocycles. The quantitative estimate of drug-likeness (QED) is 0.744. The average molecular weight is 237 g/mol. The van der Waals surface area contributed by atoms with Gasteiger partial charge in [0.25, 0.3) is 5.91 Å². The van der Waals surface area contributed by atoms with E-state index in [9.17, 15) is 4.79 Å². The van der Waals surface area contributed by atoms with Gasteiger partial charge in [-0.1, -0.05) is 18.2 Å². The SMILES string of the molecule is O=C(Nn1ccc2cccnc21)c1ccccc1. The fourth-order valence-corrected chi connectivity index (χ4v) is 1.82. The summed E-state index contributed by atoms with van der Waals surface area (Å²) >= 11 is 0. The van der Waals surface area contributed by atoms with Crippen LogP contribution in [0.3, 0.4) is 0 Å². The monoisotopic (exact) mass is 237 g/mol. The van der Waals surface area contributed by atoms with Gasteiger partial charge in [0.1, 0.15) is 0 Å². The van der Waals surface area contributed by atoms with Crippen molar-refractivity contribution in [3.05, 3.63) is 66.5 Å². The van der Waals surface area contributed by atoms with E-state index in [1.165, 1.54) is 0 Å². The number of nitrogens with one attached hydrogen (secondary N) is 1. The molecule has 3 rings (SSSR count). The van der Waals surface area contributed by atoms with Crippen LogP contribution < -0.4 is 5.43 Å². The molecule has 0 unspecified atom stereocenters. The average Bonchev–Trinajstić information content (AvgIpc) is 2.83. The second-order valence-electron chi connectivity index (χ2n) is 3.91. The second-order valence-corrected chi connectivity index (χ2v) is 3.91. The summed E-state index contributed by atoms with van der Waals surface area (Å²) in [7, 11) is 0. The molecule has 18 heavy (non-hydrogen) atoms. The molecule has 0 atom stereocenters. The number of pyridine rings is 1. The summed E-state index contributed by atoms with van der Waals surface area (Å²) in [5.41, 5.74) is 4.15. The summed E-state index contributed by atoms with van der Waals surface area (Å²) < 4.78 is 1.63. The Morgan fingerprint density at radius 1 is 1.06 bits per heavy atom. The first-order valence-corrected chi connectivity index (χ1v) is 5.63. The topological polar surface area (TPSA) is 46.9 Å². The van der Waals surface area contributed by atoms with Crippen molar-refractivity contribution < 1.29 is 4.79 Å². The standard InChI is InChI=1S/C14H11N3O/c18-14(12-5-2-1-3-6-12)16-17-10-8-11-7-4-9-15-13(11)17/h1-10H,(H,16,18). The zero-order chi connectivity index (χ0) is 12.4. The van der Waals surface area contributed by atoms with Crippen LogP contribution in [0.4, 0.5) is 0 Å². The summed E-state index contributed by atoms with van der Waals surface area (Å²) in [5, 5.41) is 0.992. The molecule has 4 nitrogen and oxygen atoms in total. The number of benzene rings is 1. The van der Waals surface area contributed by atoms with Gasteiger partial charge < -0.3 is 0 Å². The lowest BCUT2D eigenvalue weighted by atomic mass is 10.2. The Kier molecular flexibility index (Phi) is 2.53. The van der Waals surface area contributed by atoms with E-state index in [0.29, 0.717) is 5.56 Å². The Labute approximate surface area is 104 Å². The van der Waals surface area contributed by atoms with Crippen LogP contribution in [0.25, 0.3) is 11.0 Å². The highest BCUT2D eigenvalue weighted by molar-refractivity contribution is 6.00. The van der Waals surface area contributed by atoms with Gasteiger partial charge in [0.2, 0.25) is 0 Å². The van der Waals surface area contributed by atoms with Crippen LogP contribution in [0, 0.1) is 0 Å². The number of nitrogens with zero attached hydrogens (tertiary/aromatic N) is 2. The number of carbonyl (C=O) groups is 1. The van der Waals surface area contributed by atoms with Crippen LogP contribution in [0.1, 0.15) is 10.4 Å². The van der Waals surface area contributed by atoms with Gasteiger partial charge >= 0.3 is 0 Å². The molecule has 0 saturated carbocycles. The molecule has 0 aliphatic heterocycles. The van der Waals surface area contributed by atoms with E-state index < -0.39 is 0 Å². The molecular weight excluding hydrogens is 226 g/mol. The Balaban J connectivity index is 1.91. The van der Waals surface area contributed by atoms with Crippen molar-refractivity contribution in [3.8, 4) is 0 Å². The second kappa shape index (κ2) is 4.33. The van der Waals surface area contributed by atoms with Crippen LogP contribution in [-0.2, 0) is 0 Å². The summed E-state index contributed by atoms with van der Waals surface area (Å²) in [6.45, 7) is 0. The number of fused-ring (bicyclic) bond motifs is 1. The van der Waals surface area contributed by atoms with Crippen molar-refractivity contribution in [2.75, 3.05) is 5.43 Å². The third-order valence-corrected chi connectivity index (χ3v) is 2.71. The summed E-state index contributed by atoms with van der Waals surface area (Å²) in [4.78, 5) is 16.2. The molecular formula is C14H11N3O. The molecule has 1 aromatic carbocycles. The fraction of sp³-hybridized carbons (Fsp3) is 0. The molecule has 0 radical (unpaired) electrons. The van der Waals surface area contributed by atoms with Gasteiger partial charge in [0.05, 0.1) is 0 Å². The largest absolute Gasteiger partial charge is 0.270 e. The van der Waals surface area contributed by atoms with E-state index in [-0.39, 0.29) is 5.91 Å². The molecule has 0 saturated heterocycles. The lowest BCUT2D eigenvalue weighted by Gasteiger charge is -2.06. The smallest absolute Gasteiger partial charge is 0.267 e. The minimum absolute atomic E-state index is 0.154.